The summed E-state index contributed by atoms with van der Waals surface area (Å²) in [5.74, 6) is 0.0164. The van der Waals surface area contributed by atoms with Gasteiger partial charge in [-0.2, -0.15) is 0 Å². The van der Waals surface area contributed by atoms with Gasteiger partial charge in [0.05, 0.1) is 5.75 Å². The van der Waals surface area contributed by atoms with Crippen LogP contribution < -0.4 is 4.90 Å². The molecule has 0 radical (unpaired) electrons. The van der Waals surface area contributed by atoms with Gasteiger partial charge in [-0.05, 0) is 27.2 Å². The summed E-state index contributed by atoms with van der Waals surface area (Å²) in [6.45, 7) is 10.2. The lowest BCUT2D eigenvalue weighted by atomic mass is 10.2. The molecule has 0 bridgehead atoms. The fourth-order valence-corrected chi connectivity index (χ4v) is 2.84. The minimum absolute atomic E-state index is 0.00957. The average Bonchev–Trinajstić information content (AvgIpc) is 2.83. The summed E-state index contributed by atoms with van der Waals surface area (Å²) in [6, 6.07) is 0.341. The van der Waals surface area contributed by atoms with Crippen molar-refractivity contribution in [2.45, 2.75) is 64.7 Å². The van der Waals surface area contributed by atoms with E-state index < -0.39 is 5.97 Å². The molecule has 1 aromatic heterocycles. The monoisotopic (exact) mass is 314 g/mol. The lowest BCUT2D eigenvalue weighted by Gasteiger charge is -2.27. The number of carbonyl (C=O) groups is 1. The second-order valence-corrected chi connectivity index (χ2v) is 6.15. The number of unbranched alkanes of at least 4 members (excludes halogenated alkanes) is 2. The Kier molecular flexibility index (Phi) is 7.56. The number of carboxylic acid groups (broad SMARTS) is 1. The van der Waals surface area contributed by atoms with Crippen molar-refractivity contribution in [1.82, 2.24) is 14.8 Å². The van der Waals surface area contributed by atoms with Gasteiger partial charge in [0, 0.05) is 19.1 Å². The maximum Gasteiger partial charge on any atom is 0.313 e. The number of anilines is 1. The molecule has 0 spiro atoms. The quantitative estimate of drug-likeness (QED) is 0.529. The molecule has 6 nitrogen and oxygen atoms in total. The molecule has 1 N–H and O–H groups in total. The van der Waals surface area contributed by atoms with E-state index in [4.69, 9.17) is 5.11 Å². The molecule has 0 saturated carbocycles. The Hall–Kier alpha value is -1.24. The van der Waals surface area contributed by atoms with E-state index >= 15 is 0 Å². The molecule has 1 rings (SSSR count). The van der Waals surface area contributed by atoms with Crippen molar-refractivity contribution in [3.63, 3.8) is 0 Å². The highest BCUT2D eigenvalue weighted by Gasteiger charge is 2.20. The van der Waals surface area contributed by atoms with E-state index in [-0.39, 0.29) is 5.75 Å². The molecule has 0 saturated heterocycles. The standard InChI is InChI=1S/C14H26N4O2S/c1-5-7-8-9-18(11(3)4)13-15-16-14(17(13)6-2)21-10-12(19)20/h11H,5-10H2,1-4H3,(H,19,20). The van der Waals surface area contributed by atoms with E-state index in [1.165, 1.54) is 24.6 Å². The number of thioether (sulfide) groups is 1. The maximum atomic E-state index is 10.7. The smallest absolute Gasteiger partial charge is 0.313 e. The van der Waals surface area contributed by atoms with Gasteiger partial charge < -0.3 is 10.0 Å². The van der Waals surface area contributed by atoms with Crippen LogP contribution in [0.1, 0.15) is 47.0 Å². The molecule has 0 amide bonds. The van der Waals surface area contributed by atoms with Crippen LogP contribution in [0.5, 0.6) is 0 Å². The van der Waals surface area contributed by atoms with Crippen LogP contribution in [0.4, 0.5) is 5.95 Å². The highest BCUT2D eigenvalue weighted by molar-refractivity contribution is 7.99. The van der Waals surface area contributed by atoms with E-state index in [2.05, 4.69) is 35.9 Å². The SMILES string of the molecule is CCCCCN(c1nnc(SCC(=O)O)n1CC)C(C)C. The predicted octanol–water partition coefficient (Wildman–Crippen LogP) is 2.88. The van der Waals surface area contributed by atoms with Crippen LogP contribution in [-0.2, 0) is 11.3 Å². The van der Waals surface area contributed by atoms with E-state index in [0.717, 1.165) is 25.5 Å². The Balaban J connectivity index is 2.89. The first kappa shape index (κ1) is 17.8. The summed E-state index contributed by atoms with van der Waals surface area (Å²) in [7, 11) is 0. The second kappa shape index (κ2) is 8.92. The lowest BCUT2D eigenvalue weighted by molar-refractivity contribution is -0.133. The zero-order valence-corrected chi connectivity index (χ0v) is 14.2. The number of rotatable bonds is 10. The maximum absolute atomic E-state index is 10.7. The number of aromatic nitrogens is 3. The molecule has 0 fully saturated rings. The Morgan fingerprint density at radius 3 is 2.57 bits per heavy atom. The molecule has 1 aromatic rings. The summed E-state index contributed by atoms with van der Waals surface area (Å²) in [5.41, 5.74) is 0. The topological polar surface area (TPSA) is 71.2 Å². The highest BCUT2D eigenvalue weighted by atomic mass is 32.2. The van der Waals surface area contributed by atoms with Gasteiger partial charge in [0.15, 0.2) is 5.16 Å². The van der Waals surface area contributed by atoms with Gasteiger partial charge in [0.25, 0.3) is 0 Å². The Bertz CT molecular complexity index is 448. The molecule has 0 aliphatic rings. The molecular weight excluding hydrogens is 288 g/mol. The molecule has 0 aromatic carbocycles. The van der Waals surface area contributed by atoms with E-state index in [0.29, 0.717) is 11.2 Å². The molecule has 21 heavy (non-hydrogen) atoms. The van der Waals surface area contributed by atoms with E-state index in [1.807, 2.05) is 11.5 Å². The van der Waals surface area contributed by atoms with Crippen molar-refractivity contribution in [3.8, 4) is 0 Å². The number of nitrogens with zero attached hydrogens (tertiary/aromatic N) is 4. The first-order valence-electron chi connectivity index (χ1n) is 7.55. The molecule has 0 atom stereocenters. The van der Waals surface area contributed by atoms with Gasteiger partial charge in [0.2, 0.25) is 5.95 Å². The summed E-state index contributed by atoms with van der Waals surface area (Å²) in [5, 5.41) is 17.9. The normalized spacial score (nSPS) is 11.1. The van der Waals surface area contributed by atoms with Gasteiger partial charge >= 0.3 is 5.97 Å². The largest absolute Gasteiger partial charge is 0.481 e. The molecule has 1 heterocycles. The number of aliphatic carboxylic acids is 1. The molecule has 0 unspecified atom stereocenters. The van der Waals surface area contributed by atoms with Crippen LogP contribution in [-0.4, -0.2) is 44.2 Å². The van der Waals surface area contributed by atoms with Crippen LogP contribution >= 0.6 is 11.8 Å². The average molecular weight is 314 g/mol. The van der Waals surface area contributed by atoms with Crippen molar-refractivity contribution in [2.24, 2.45) is 0 Å². The Morgan fingerprint density at radius 1 is 1.33 bits per heavy atom. The van der Waals surface area contributed by atoms with Gasteiger partial charge in [-0.1, -0.05) is 31.5 Å². The van der Waals surface area contributed by atoms with Crippen molar-refractivity contribution in [2.75, 3.05) is 17.2 Å². The molecule has 0 aliphatic carbocycles. The number of carboxylic acids is 1. The van der Waals surface area contributed by atoms with Crippen LogP contribution in [0.25, 0.3) is 0 Å². The minimum atomic E-state index is -0.837. The van der Waals surface area contributed by atoms with Gasteiger partial charge in [-0.25, -0.2) is 0 Å². The Labute approximate surface area is 130 Å². The summed E-state index contributed by atoms with van der Waals surface area (Å²) in [6.07, 6.45) is 3.51. The van der Waals surface area contributed by atoms with Gasteiger partial charge in [-0.15, -0.1) is 10.2 Å². The van der Waals surface area contributed by atoms with Crippen molar-refractivity contribution in [1.29, 1.82) is 0 Å². The summed E-state index contributed by atoms with van der Waals surface area (Å²) < 4.78 is 2.00. The van der Waals surface area contributed by atoms with Crippen LogP contribution in [0.2, 0.25) is 0 Å². The second-order valence-electron chi connectivity index (χ2n) is 5.20. The third-order valence-electron chi connectivity index (χ3n) is 3.22. The fraction of sp³-hybridized carbons (Fsp3) is 0.786. The number of hydrogen-bond donors (Lipinski definition) is 1. The van der Waals surface area contributed by atoms with Crippen LogP contribution in [0, 0.1) is 0 Å². The summed E-state index contributed by atoms with van der Waals surface area (Å²) in [4.78, 5) is 13.0. The first-order chi connectivity index (χ1) is 10.0. The Morgan fingerprint density at radius 2 is 2.05 bits per heavy atom. The minimum Gasteiger partial charge on any atom is -0.481 e. The molecule has 7 heteroatoms. The summed E-state index contributed by atoms with van der Waals surface area (Å²) >= 11 is 1.22. The molecule has 120 valence electrons. The molecule has 0 aliphatic heterocycles. The van der Waals surface area contributed by atoms with E-state index in [1.54, 1.807) is 0 Å². The predicted molar refractivity (Wildman–Crippen MR) is 86.1 cm³/mol. The van der Waals surface area contributed by atoms with Crippen molar-refractivity contribution in [3.05, 3.63) is 0 Å². The van der Waals surface area contributed by atoms with Crippen molar-refractivity contribution < 1.29 is 9.90 Å². The third kappa shape index (κ3) is 5.22. The third-order valence-corrected chi connectivity index (χ3v) is 4.17. The first-order valence-corrected chi connectivity index (χ1v) is 8.54. The van der Waals surface area contributed by atoms with Crippen molar-refractivity contribution >= 4 is 23.7 Å². The van der Waals surface area contributed by atoms with Crippen LogP contribution in [0.3, 0.4) is 0 Å². The lowest BCUT2D eigenvalue weighted by Crippen LogP contribution is -2.34. The van der Waals surface area contributed by atoms with E-state index in [9.17, 15) is 4.79 Å². The molecular formula is C14H26N4O2S. The van der Waals surface area contributed by atoms with Gasteiger partial charge in [0.1, 0.15) is 0 Å². The van der Waals surface area contributed by atoms with Gasteiger partial charge in [-0.3, -0.25) is 9.36 Å². The highest BCUT2D eigenvalue weighted by Crippen LogP contribution is 2.23. The van der Waals surface area contributed by atoms with Crippen LogP contribution in [0.15, 0.2) is 5.16 Å². The fourth-order valence-electron chi connectivity index (χ4n) is 2.12. The number of hydrogen-bond acceptors (Lipinski definition) is 5. The zero-order chi connectivity index (χ0) is 15.8. The zero-order valence-electron chi connectivity index (χ0n) is 13.4.